The molecule has 2 aromatic heterocycles. The van der Waals surface area contributed by atoms with E-state index >= 15 is 0 Å². The molecule has 0 unspecified atom stereocenters. The van der Waals surface area contributed by atoms with Gasteiger partial charge in [0.2, 0.25) is 0 Å². The number of hydrogen-bond donors (Lipinski definition) is 1. The quantitative estimate of drug-likeness (QED) is 0.909. The minimum Gasteiger partial charge on any atom is -0.330 e. The summed E-state index contributed by atoms with van der Waals surface area (Å²) in [5.41, 5.74) is 6.86. The molecule has 0 bridgehead atoms. The summed E-state index contributed by atoms with van der Waals surface area (Å²) >= 11 is 6.89. The second-order valence-electron chi connectivity index (χ2n) is 4.59. The van der Waals surface area contributed by atoms with Gasteiger partial charge < -0.3 is 5.73 Å². The highest BCUT2D eigenvalue weighted by atomic mass is 79.9. The van der Waals surface area contributed by atoms with E-state index in [0.29, 0.717) is 6.54 Å². The topological polar surface area (TPSA) is 38.9 Å². The number of thiophene rings is 1. The minimum absolute atomic E-state index is 0.0675. The van der Waals surface area contributed by atoms with E-state index in [2.05, 4.69) is 46.6 Å². The van der Waals surface area contributed by atoms with Crippen LogP contribution in [0.5, 0.6) is 0 Å². The summed E-state index contributed by atoms with van der Waals surface area (Å²) in [4.78, 5) is 5.96. The molecule has 2 heterocycles. The Hall–Kier alpha value is -0.230. The molecule has 0 saturated heterocycles. The fourth-order valence-corrected chi connectivity index (χ4v) is 4.13. The third-order valence-corrected chi connectivity index (χ3v) is 5.45. The van der Waals surface area contributed by atoms with Crippen LogP contribution in [0.4, 0.5) is 0 Å². The lowest BCUT2D eigenvalue weighted by Crippen LogP contribution is -2.22. The first-order chi connectivity index (χ1) is 8.03. The normalized spacial score (nSPS) is 12.0. The smallest absolute Gasteiger partial charge is 0.133 e. The van der Waals surface area contributed by atoms with Gasteiger partial charge in [0.05, 0.1) is 10.6 Å². The molecule has 2 nitrogen and oxygen atoms in total. The van der Waals surface area contributed by atoms with E-state index in [1.54, 1.807) is 22.7 Å². The van der Waals surface area contributed by atoms with Gasteiger partial charge in [0.15, 0.2) is 0 Å². The van der Waals surface area contributed by atoms with Crippen LogP contribution in [0.2, 0.25) is 0 Å². The summed E-state index contributed by atoms with van der Waals surface area (Å²) in [6, 6.07) is 2.11. The molecule has 0 amide bonds. The van der Waals surface area contributed by atoms with E-state index in [0.717, 1.165) is 21.6 Å². The predicted molar refractivity (Wildman–Crippen MR) is 79.8 cm³/mol. The van der Waals surface area contributed by atoms with E-state index in [9.17, 15) is 0 Å². The van der Waals surface area contributed by atoms with E-state index in [1.807, 2.05) is 0 Å². The number of rotatable bonds is 4. The highest BCUT2D eigenvalue weighted by molar-refractivity contribution is 9.10. The van der Waals surface area contributed by atoms with Crippen LogP contribution in [-0.2, 0) is 5.41 Å². The van der Waals surface area contributed by atoms with Crippen LogP contribution in [0, 0.1) is 0 Å². The van der Waals surface area contributed by atoms with Gasteiger partial charge in [0.1, 0.15) is 5.01 Å². The molecular weight excluding hydrogens is 316 g/mol. The number of aromatic nitrogens is 1. The number of thiazole rings is 1. The maximum absolute atomic E-state index is 5.64. The first kappa shape index (κ1) is 13.2. The Morgan fingerprint density at radius 1 is 1.35 bits per heavy atom. The van der Waals surface area contributed by atoms with Crippen LogP contribution < -0.4 is 5.73 Å². The summed E-state index contributed by atoms with van der Waals surface area (Å²) in [6.07, 6.45) is 0.963. The maximum Gasteiger partial charge on any atom is 0.133 e. The van der Waals surface area contributed by atoms with Crippen molar-refractivity contribution in [2.75, 3.05) is 6.54 Å². The molecule has 2 rings (SSSR count). The Morgan fingerprint density at radius 3 is 2.71 bits per heavy atom. The highest BCUT2D eigenvalue weighted by Gasteiger charge is 2.23. The Labute approximate surface area is 118 Å². The van der Waals surface area contributed by atoms with Gasteiger partial charge in [0, 0.05) is 20.6 Å². The molecule has 5 heteroatoms. The third-order valence-electron chi connectivity index (χ3n) is 2.75. The summed E-state index contributed by atoms with van der Waals surface area (Å²) in [5.74, 6) is 0. The van der Waals surface area contributed by atoms with Gasteiger partial charge in [-0.2, -0.15) is 0 Å². The zero-order chi connectivity index (χ0) is 12.5. The summed E-state index contributed by atoms with van der Waals surface area (Å²) in [7, 11) is 0. The van der Waals surface area contributed by atoms with Crippen molar-refractivity contribution >= 4 is 38.6 Å². The molecule has 2 aromatic rings. The van der Waals surface area contributed by atoms with Crippen molar-refractivity contribution in [1.82, 2.24) is 4.98 Å². The van der Waals surface area contributed by atoms with Crippen molar-refractivity contribution in [2.45, 2.75) is 25.7 Å². The van der Waals surface area contributed by atoms with Gasteiger partial charge in [-0.05, 0) is 35.0 Å². The van der Waals surface area contributed by atoms with Crippen molar-refractivity contribution in [3.05, 3.63) is 27.0 Å². The van der Waals surface area contributed by atoms with Crippen molar-refractivity contribution in [1.29, 1.82) is 0 Å². The van der Waals surface area contributed by atoms with Gasteiger partial charge in [0.25, 0.3) is 0 Å². The molecule has 0 spiro atoms. The highest BCUT2D eigenvalue weighted by Crippen LogP contribution is 2.35. The Kier molecular flexibility index (Phi) is 4.02. The molecule has 0 saturated carbocycles. The van der Waals surface area contributed by atoms with Crippen molar-refractivity contribution < 1.29 is 0 Å². The molecule has 0 aliphatic carbocycles. The molecule has 0 fully saturated rings. The Balaban J connectivity index is 2.27. The monoisotopic (exact) mass is 330 g/mol. The van der Waals surface area contributed by atoms with Crippen molar-refractivity contribution in [3.8, 4) is 9.88 Å². The lowest BCUT2D eigenvalue weighted by molar-refractivity contribution is 0.476. The summed E-state index contributed by atoms with van der Waals surface area (Å²) < 4.78 is 1.12. The fourth-order valence-electron chi connectivity index (χ4n) is 1.61. The predicted octanol–water partition coefficient (Wildman–Crippen LogP) is 4.26. The lowest BCUT2D eigenvalue weighted by atomic mass is 9.86. The third kappa shape index (κ3) is 2.96. The van der Waals surface area contributed by atoms with E-state index in [-0.39, 0.29) is 5.41 Å². The van der Waals surface area contributed by atoms with E-state index in [1.165, 1.54) is 4.88 Å². The SMILES string of the molecule is CC(C)(CCN)c1csc(-c2cc(Br)cs2)n1. The lowest BCUT2D eigenvalue weighted by Gasteiger charge is -2.21. The molecule has 0 aliphatic rings. The number of halogens is 1. The molecule has 92 valence electrons. The first-order valence-electron chi connectivity index (χ1n) is 5.43. The summed E-state index contributed by atoms with van der Waals surface area (Å²) in [5, 5.41) is 5.33. The second kappa shape index (κ2) is 5.18. The van der Waals surface area contributed by atoms with Crippen LogP contribution in [0.1, 0.15) is 26.0 Å². The van der Waals surface area contributed by atoms with Gasteiger partial charge >= 0.3 is 0 Å². The van der Waals surface area contributed by atoms with Gasteiger partial charge in [-0.1, -0.05) is 13.8 Å². The fraction of sp³-hybridized carbons (Fsp3) is 0.417. The van der Waals surface area contributed by atoms with E-state index < -0.39 is 0 Å². The van der Waals surface area contributed by atoms with Crippen LogP contribution in [0.15, 0.2) is 21.3 Å². The molecule has 0 radical (unpaired) electrons. The second-order valence-corrected chi connectivity index (χ2v) is 7.27. The Bertz CT molecular complexity index is 502. The van der Waals surface area contributed by atoms with Crippen molar-refractivity contribution in [2.24, 2.45) is 5.73 Å². The number of nitrogens with two attached hydrogens (primary N) is 1. The average molecular weight is 331 g/mol. The molecule has 0 aromatic carbocycles. The average Bonchev–Trinajstić information content (AvgIpc) is 2.85. The van der Waals surface area contributed by atoms with Gasteiger partial charge in [-0.15, -0.1) is 22.7 Å². The number of nitrogens with zero attached hydrogens (tertiary/aromatic N) is 1. The van der Waals surface area contributed by atoms with Gasteiger partial charge in [-0.25, -0.2) is 4.98 Å². The van der Waals surface area contributed by atoms with Crippen LogP contribution in [0.3, 0.4) is 0 Å². The van der Waals surface area contributed by atoms with Gasteiger partial charge in [-0.3, -0.25) is 0 Å². The standard InChI is InChI=1S/C12H15BrN2S2/c1-12(2,3-4-14)10-7-17-11(15-10)9-5-8(13)6-16-9/h5-7H,3-4,14H2,1-2H3. The van der Waals surface area contributed by atoms with Crippen LogP contribution >= 0.6 is 38.6 Å². The zero-order valence-electron chi connectivity index (χ0n) is 9.87. The summed E-state index contributed by atoms with van der Waals surface area (Å²) in [6.45, 7) is 5.09. The largest absolute Gasteiger partial charge is 0.330 e. The molecule has 2 N–H and O–H groups in total. The first-order valence-corrected chi connectivity index (χ1v) is 7.98. The van der Waals surface area contributed by atoms with E-state index in [4.69, 9.17) is 10.7 Å². The zero-order valence-corrected chi connectivity index (χ0v) is 13.1. The molecule has 0 atom stereocenters. The van der Waals surface area contributed by atoms with Crippen LogP contribution in [0.25, 0.3) is 9.88 Å². The molecular formula is C12H15BrN2S2. The molecule has 17 heavy (non-hydrogen) atoms. The minimum atomic E-state index is 0.0675. The Morgan fingerprint density at radius 2 is 2.12 bits per heavy atom. The number of hydrogen-bond acceptors (Lipinski definition) is 4. The maximum atomic E-state index is 5.64. The van der Waals surface area contributed by atoms with Crippen LogP contribution in [-0.4, -0.2) is 11.5 Å². The van der Waals surface area contributed by atoms with Crippen molar-refractivity contribution in [3.63, 3.8) is 0 Å². The molecule has 0 aliphatic heterocycles.